The van der Waals surface area contributed by atoms with Gasteiger partial charge in [0.1, 0.15) is 5.82 Å². The Morgan fingerprint density at radius 3 is 2.60 bits per heavy atom. The molecule has 2 aromatic rings. The summed E-state index contributed by atoms with van der Waals surface area (Å²) in [6.45, 7) is 0. The maximum absolute atomic E-state index is 13.0. The van der Waals surface area contributed by atoms with Crippen molar-refractivity contribution in [3.63, 3.8) is 0 Å². The summed E-state index contributed by atoms with van der Waals surface area (Å²) in [4.78, 5) is 12.3. The van der Waals surface area contributed by atoms with Crippen LogP contribution in [0.3, 0.4) is 0 Å². The highest BCUT2D eigenvalue weighted by Gasteiger charge is 2.40. The average molecular weight is 339 g/mol. The summed E-state index contributed by atoms with van der Waals surface area (Å²) >= 11 is 0. The van der Waals surface area contributed by atoms with Crippen molar-refractivity contribution >= 4 is 24.2 Å². The number of hydrogen-bond donors (Lipinski definition) is 2. The lowest BCUT2D eigenvalue weighted by molar-refractivity contribution is 0.102. The second-order valence-corrected chi connectivity index (χ2v) is 6.76. The molecule has 1 atom stereocenters. The Kier molecular flexibility index (Phi) is 4.31. The van der Waals surface area contributed by atoms with Crippen LogP contribution in [-0.4, -0.2) is 18.0 Å². The van der Waals surface area contributed by atoms with Gasteiger partial charge in [-0.15, -0.1) is 0 Å². The van der Waals surface area contributed by atoms with Crippen LogP contribution in [0.5, 0.6) is 0 Å². The zero-order valence-electron chi connectivity index (χ0n) is 13.7. The standard InChI is InChI=1S/C19H19BFNO3/c21-14-7-5-13(6-8-14)19(23)22-15-9-10-16-17(11-15)20(24)25-18(16)12-3-1-2-4-12/h5-12,18,24H,1-4H2,(H,22,23). The number of benzene rings is 2. The molecule has 1 fully saturated rings. The SMILES string of the molecule is O=C(Nc1ccc2c(c1)B(O)OC2C1CCCC1)c1ccc(F)cc1. The molecule has 1 amide bonds. The average Bonchev–Trinajstić information content (AvgIpc) is 3.24. The first-order valence-electron chi connectivity index (χ1n) is 8.66. The summed E-state index contributed by atoms with van der Waals surface area (Å²) in [5, 5.41) is 13.0. The Hall–Kier alpha value is -2.18. The zero-order chi connectivity index (χ0) is 17.4. The van der Waals surface area contributed by atoms with Crippen molar-refractivity contribution in [1.29, 1.82) is 0 Å². The molecule has 0 spiro atoms. The van der Waals surface area contributed by atoms with E-state index in [1.165, 1.54) is 37.1 Å². The fraction of sp³-hybridized carbons (Fsp3) is 0.316. The van der Waals surface area contributed by atoms with Crippen molar-refractivity contribution in [2.24, 2.45) is 5.92 Å². The summed E-state index contributed by atoms with van der Waals surface area (Å²) in [6, 6.07) is 10.9. The summed E-state index contributed by atoms with van der Waals surface area (Å²) in [7, 11) is -0.955. The maximum Gasteiger partial charge on any atom is 0.492 e. The molecule has 4 rings (SSSR count). The number of hydrogen-bond acceptors (Lipinski definition) is 3. The van der Waals surface area contributed by atoms with E-state index in [0.29, 0.717) is 22.6 Å². The molecule has 6 heteroatoms. The van der Waals surface area contributed by atoms with E-state index in [0.717, 1.165) is 18.4 Å². The van der Waals surface area contributed by atoms with Gasteiger partial charge in [0.2, 0.25) is 0 Å². The van der Waals surface area contributed by atoms with Gasteiger partial charge in [0.25, 0.3) is 5.91 Å². The first-order chi connectivity index (χ1) is 12.1. The predicted octanol–water partition coefficient (Wildman–Crippen LogP) is 3.03. The quantitative estimate of drug-likeness (QED) is 0.845. The Balaban J connectivity index is 1.54. The molecular weight excluding hydrogens is 320 g/mol. The molecule has 1 unspecified atom stereocenters. The van der Waals surface area contributed by atoms with E-state index in [2.05, 4.69) is 5.32 Å². The Bertz CT molecular complexity index is 790. The summed E-state index contributed by atoms with van der Waals surface area (Å²) in [5.41, 5.74) is 2.69. The number of rotatable bonds is 3. The third-order valence-corrected chi connectivity index (χ3v) is 5.13. The van der Waals surface area contributed by atoms with Gasteiger partial charge in [0.05, 0.1) is 6.10 Å². The largest absolute Gasteiger partial charge is 0.492 e. The lowest BCUT2D eigenvalue weighted by atomic mass is 9.78. The number of anilines is 1. The van der Waals surface area contributed by atoms with Gasteiger partial charge < -0.3 is 15.0 Å². The van der Waals surface area contributed by atoms with Gasteiger partial charge in [-0.3, -0.25) is 4.79 Å². The van der Waals surface area contributed by atoms with Crippen molar-refractivity contribution in [2.45, 2.75) is 31.8 Å². The molecule has 0 radical (unpaired) electrons. The van der Waals surface area contributed by atoms with Crippen LogP contribution in [0.15, 0.2) is 42.5 Å². The molecule has 0 saturated heterocycles. The monoisotopic (exact) mass is 339 g/mol. The van der Waals surface area contributed by atoms with Crippen molar-refractivity contribution in [2.75, 3.05) is 5.32 Å². The number of halogens is 1. The minimum atomic E-state index is -0.955. The van der Waals surface area contributed by atoms with E-state index < -0.39 is 7.12 Å². The number of fused-ring (bicyclic) bond motifs is 1. The molecular formula is C19H19BFNO3. The molecule has 128 valence electrons. The van der Waals surface area contributed by atoms with Crippen LogP contribution < -0.4 is 10.8 Å². The van der Waals surface area contributed by atoms with Gasteiger partial charge in [-0.05, 0) is 66.2 Å². The molecule has 2 aliphatic rings. The van der Waals surface area contributed by atoms with Gasteiger partial charge in [0, 0.05) is 11.3 Å². The molecule has 1 aliphatic heterocycles. The highest BCUT2D eigenvalue weighted by molar-refractivity contribution is 6.62. The summed E-state index contributed by atoms with van der Waals surface area (Å²) in [5.74, 6) is -0.247. The lowest BCUT2D eigenvalue weighted by Gasteiger charge is -2.19. The number of carbonyl (C=O) groups excluding carboxylic acids is 1. The van der Waals surface area contributed by atoms with E-state index in [4.69, 9.17) is 4.65 Å². The Morgan fingerprint density at radius 2 is 1.88 bits per heavy atom. The molecule has 1 saturated carbocycles. The number of amides is 1. The fourth-order valence-electron chi connectivity index (χ4n) is 3.84. The molecule has 4 nitrogen and oxygen atoms in total. The molecule has 25 heavy (non-hydrogen) atoms. The molecule has 2 aromatic carbocycles. The molecule has 1 heterocycles. The highest BCUT2D eigenvalue weighted by atomic mass is 19.1. The van der Waals surface area contributed by atoms with Crippen LogP contribution in [-0.2, 0) is 4.65 Å². The normalized spacial score (nSPS) is 19.9. The third-order valence-electron chi connectivity index (χ3n) is 5.13. The predicted molar refractivity (Wildman–Crippen MR) is 94.2 cm³/mol. The second-order valence-electron chi connectivity index (χ2n) is 6.76. The van der Waals surface area contributed by atoms with Crippen LogP contribution in [0, 0.1) is 11.7 Å². The topological polar surface area (TPSA) is 58.6 Å². The van der Waals surface area contributed by atoms with Gasteiger partial charge in [-0.2, -0.15) is 0 Å². The van der Waals surface area contributed by atoms with Crippen molar-refractivity contribution in [3.8, 4) is 0 Å². The summed E-state index contributed by atoms with van der Waals surface area (Å²) < 4.78 is 18.7. The highest BCUT2D eigenvalue weighted by Crippen LogP contribution is 2.40. The van der Waals surface area contributed by atoms with Crippen molar-refractivity contribution < 1.29 is 18.9 Å². The third kappa shape index (κ3) is 3.19. The first kappa shape index (κ1) is 16.3. The summed E-state index contributed by atoms with van der Waals surface area (Å²) in [6.07, 6.45) is 4.61. The Morgan fingerprint density at radius 1 is 1.16 bits per heavy atom. The molecule has 1 aliphatic carbocycles. The minimum Gasteiger partial charge on any atom is -0.423 e. The van der Waals surface area contributed by atoms with E-state index in [9.17, 15) is 14.2 Å². The van der Waals surface area contributed by atoms with Crippen LogP contribution in [0.4, 0.5) is 10.1 Å². The van der Waals surface area contributed by atoms with Crippen molar-refractivity contribution in [1.82, 2.24) is 0 Å². The molecule has 0 bridgehead atoms. The number of carbonyl (C=O) groups is 1. The number of nitrogens with one attached hydrogen (secondary N) is 1. The van der Waals surface area contributed by atoms with E-state index in [-0.39, 0.29) is 17.8 Å². The van der Waals surface area contributed by atoms with Gasteiger partial charge in [0.15, 0.2) is 0 Å². The van der Waals surface area contributed by atoms with Crippen LogP contribution in [0.1, 0.15) is 47.7 Å². The maximum atomic E-state index is 13.0. The van der Waals surface area contributed by atoms with Gasteiger partial charge >= 0.3 is 7.12 Å². The minimum absolute atomic E-state index is 0.0608. The van der Waals surface area contributed by atoms with Crippen LogP contribution in [0.2, 0.25) is 0 Å². The fourth-order valence-corrected chi connectivity index (χ4v) is 3.84. The van der Waals surface area contributed by atoms with Crippen molar-refractivity contribution in [3.05, 3.63) is 59.4 Å². The van der Waals surface area contributed by atoms with Gasteiger partial charge in [-0.1, -0.05) is 18.9 Å². The Labute approximate surface area is 146 Å². The second kappa shape index (κ2) is 6.62. The van der Waals surface area contributed by atoms with Crippen LogP contribution in [0.25, 0.3) is 0 Å². The smallest absolute Gasteiger partial charge is 0.423 e. The van der Waals surface area contributed by atoms with Crippen LogP contribution >= 0.6 is 0 Å². The van der Waals surface area contributed by atoms with E-state index >= 15 is 0 Å². The molecule has 2 N–H and O–H groups in total. The molecule has 0 aromatic heterocycles. The van der Waals surface area contributed by atoms with E-state index in [1.807, 2.05) is 12.1 Å². The van der Waals surface area contributed by atoms with E-state index in [1.54, 1.807) is 6.07 Å². The lowest BCUT2D eigenvalue weighted by Crippen LogP contribution is -2.28. The van der Waals surface area contributed by atoms with Gasteiger partial charge in [-0.25, -0.2) is 4.39 Å². The zero-order valence-corrected chi connectivity index (χ0v) is 13.7. The first-order valence-corrected chi connectivity index (χ1v) is 8.66.